The smallest absolute Gasteiger partial charge is 0.320 e. The van der Waals surface area contributed by atoms with Gasteiger partial charge < -0.3 is 15.1 Å². The molecule has 0 spiro atoms. The Morgan fingerprint density at radius 1 is 1.11 bits per heavy atom. The van der Waals surface area contributed by atoms with E-state index in [0.29, 0.717) is 0 Å². The zero-order valence-corrected chi connectivity index (χ0v) is 11.3. The Bertz CT molecular complexity index is 454. The first-order chi connectivity index (χ1) is 9.33. The van der Waals surface area contributed by atoms with Crippen molar-refractivity contribution in [2.75, 3.05) is 31.5 Å². The van der Waals surface area contributed by atoms with Gasteiger partial charge in [0, 0.05) is 18.8 Å². The molecule has 1 aromatic rings. The van der Waals surface area contributed by atoms with Gasteiger partial charge in [0.15, 0.2) is 0 Å². The predicted molar refractivity (Wildman–Crippen MR) is 76.2 cm³/mol. The van der Waals surface area contributed by atoms with Crippen LogP contribution in [0, 0.1) is 0 Å². The second-order valence-corrected chi connectivity index (χ2v) is 5.41. The van der Waals surface area contributed by atoms with E-state index in [1.165, 1.54) is 31.5 Å². The summed E-state index contributed by atoms with van der Waals surface area (Å²) in [6.07, 6.45) is 3.73. The molecule has 0 aliphatic carbocycles. The highest BCUT2D eigenvalue weighted by Gasteiger charge is 2.21. The topological polar surface area (TPSA) is 35.6 Å². The molecule has 2 heterocycles. The minimum Gasteiger partial charge on any atom is -0.320 e. The molecule has 1 N–H and O–H groups in total. The summed E-state index contributed by atoms with van der Waals surface area (Å²) in [7, 11) is 0. The Balaban J connectivity index is 1.52. The van der Waals surface area contributed by atoms with E-state index in [2.05, 4.69) is 16.3 Å². The van der Waals surface area contributed by atoms with Crippen molar-refractivity contribution in [3.8, 4) is 0 Å². The molecular formula is C15H21N3O. The van der Waals surface area contributed by atoms with Crippen LogP contribution in [0.5, 0.6) is 0 Å². The van der Waals surface area contributed by atoms with Gasteiger partial charge in [-0.3, -0.25) is 0 Å². The molecule has 0 aromatic heterocycles. The second kappa shape index (κ2) is 5.61. The van der Waals surface area contributed by atoms with Crippen LogP contribution >= 0.6 is 0 Å². The molecule has 3 rings (SSSR count). The Hall–Kier alpha value is -1.55. The fraction of sp³-hybridized carbons (Fsp3) is 0.533. The maximum absolute atomic E-state index is 12.0. The first-order valence-electron chi connectivity index (χ1n) is 7.19. The molecule has 1 saturated heterocycles. The van der Waals surface area contributed by atoms with E-state index in [1.807, 2.05) is 23.1 Å². The van der Waals surface area contributed by atoms with Crippen molar-refractivity contribution >= 4 is 11.7 Å². The van der Waals surface area contributed by atoms with Crippen LogP contribution in [0.25, 0.3) is 0 Å². The molecule has 19 heavy (non-hydrogen) atoms. The number of carbonyl (C=O) groups is 1. The Morgan fingerprint density at radius 2 is 1.89 bits per heavy atom. The average molecular weight is 259 g/mol. The third-order valence-corrected chi connectivity index (χ3v) is 4.01. The molecular weight excluding hydrogens is 238 g/mol. The highest BCUT2D eigenvalue weighted by Crippen LogP contribution is 2.22. The van der Waals surface area contributed by atoms with Crippen LogP contribution in [0.15, 0.2) is 24.3 Å². The van der Waals surface area contributed by atoms with Gasteiger partial charge >= 0.3 is 6.03 Å². The van der Waals surface area contributed by atoms with Crippen LogP contribution in [0.2, 0.25) is 0 Å². The lowest BCUT2D eigenvalue weighted by Crippen LogP contribution is -2.40. The molecule has 0 unspecified atom stereocenters. The van der Waals surface area contributed by atoms with E-state index in [9.17, 15) is 4.79 Å². The molecule has 0 bridgehead atoms. The van der Waals surface area contributed by atoms with Gasteiger partial charge in [-0.25, -0.2) is 4.79 Å². The lowest BCUT2D eigenvalue weighted by Gasteiger charge is -2.29. The van der Waals surface area contributed by atoms with E-state index in [0.717, 1.165) is 31.7 Å². The van der Waals surface area contributed by atoms with Gasteiger partial charge in [0.25, 0.3) is 0 Å². The number of fused-ring (bicyclic) bond motifs is 1. The number of rotatable bonds is 4. The first kappa shape index (κ1) is 12.5. The maximum Gasteiger partial charge on any atom is 0.322 e. The van der Waals surface area contributed by atoms with Crippen LogP contribution < -0.4 is 5.32 Å². The minimum atomic E-state index is 0.0418. The van der Waals surface area contributed by atoms with E-state index < -0.39 is 0 Å². The molecule has 2 aliphatic heterocycles. The van der Waals surface area contributed by atoms with Gasteiger partial charge in [0.1, 0.15) is 0 Å². The molecule has 4 heteroatoms. The lowest BCUT2D eigenvalue weighted by molar-refractivity contribution is 0.201. The Labute approximate surface area is 114 Å². The lowest BCUT2D eigenvalue weighted by atomic mass is 10.1. The third kappa shape index (κ3) is 2.89. The quantitative estimate of drug-likeness (QED) is 0.902. The summed E-state index contributed by atoms with van der Waals surface area (Å²) in [6.45, 7) is 5.16. The van der Waals surface area contributed by atoms with Crippen molar-refractivity contribution in [1.82, 2.24) is 9.80 Å². The number of anilines is 1. The van der Waals surface area contributed by atoms with Crippen LogP contribution in [0.4, 0.5) is 10.5 Å². The average Bonchev–Trinajstić information content (AvgIpc) is 2.92. The zero-order chi connectivity index (χ0) is 13.1. The number of carbonyl (C=O) groups excluding carboxylic acids is 1. The normalized spacial score (nSPS) is 19.4. The molecule has 0 atom stereocenters. The number of amides is 2. The number of likely N-dealkylation sites (tertiary alicyclic amines) is 1. The van der Waals surface area contributed by atoms with E-state index in [1.54, 1.807) is 0 Å². The van der Waals surface area contributed by atoms with Gasteiger partial charge in [0.05, 0.1) is 0 Å². The summed E-state index contributed by atoms with van der Waals surface area (Å²) in [4.78, 5) is 16.4. The first-order valence-corrected chi connectivity index (χ1v) is 7.19. The van der Waals surface area contributed by atoms with Gasteiger partial charge in [0.2, 0.25) is 0 Å². The maximum atomic E-state index is 12.0. The SMILES string of the molecule is O=C1Nc2ccccc2CN1CCCN1CCCC1. The van der Waals surface area contributed by atoms with Crippen LogP contribution in [-0.4, -0.2) is 42.0 Å². The van der Waals surface area contributed by atoms with Crippen LogP contribution in [0.1, 0.15) is 24.8 Å². The van der Waals surface area contributed by atoms with E-state index >= 15 is 0 Å². The third-order valence-electron chi connectivity index (χ3n) is 4.01. The fourth-order valence-electron chi connectivity index (χ4n) is 2.92. The van der Waals surface area contributed by atoms with Gasteiger partial charge in [-0.05, 0) is 50.5 Å². The molecule has 2 aliphatic rings. The summed E-state index contributed by atoms with van der Waals surface area (Å²) >= 11 is 0. The predicted octanol–water partition coefficient (Wildman–Crippen LogP) is 2.52. The molecule has 1 fully saturated rings. The summed E-state index contributed by atoms with van der Waals surface area (Å²) in [6, 6.07) is 8.08. The Kier molecular flexibility index (Phi) is 3.69. The summed E-state index contributed by atoms with van der Waals surface area (Å²) in [5, 5.41) is 2.96. The second-order valence-electron chi connectivity index (χ2n) is 5.41. The van der Waals surface area contributed by atoms with Crippen molar-refractivity contribution in [2.24, 2.45) is 0 Å². The number of nitrogens with zero attached hydrogens (tertiary/aromatic N) is 2. The van der Waals surface area contributed by atoms with Gasteiger partial charge in [-0.15, -0.1) is 0 Å². The number of para-hydroxylation sites is 1. The van der Waals surface area contributed by atoms with E-state index in [-0.39, 0.29) is 6.03 Å². The summed E-state index contributed by atoms with van der Waals surface area (Å²) < 4.78 is 0. The van der Waals surface area contributed by atoms with Crippen molar-refractivity contribution in [1.29, 1.82) is 0 Å². The minimum absolute atomic E-state index is 0.0418. The van der Waals surface area contributed by atoms with Gasteiger partial charge in [-0.1, -0.05) is 18.2 Å². The number of nitrogens with one attached hydrogen (secondary N) is 1. The summed E-state index contributed by atoms with van der Waals surface area (Å²) in [5.41, 5.74) is 2.17. The van der Waals surface area contributed by atoms with E-state index in [4.69, 9.17) is 0 Å². The number of hydrogen-bond donors (Lipinski definition) is 1. The molecule has 0 radical (unpaired) electrons. The summed E-state index contributed by atoms with van der Waals surface area (Å²) in [5.74, 6) is 0. The van der Waals surface area contributed by atoms with Crippen molar-refractivity contribution in [3.63, 3.8) is 0 Å². The zero-order valence-electron chi connectivity index (χ0n) is 11.3. The highest BCUT2D eigenvalue weighted by atomic mass is 16.2. The van der Waals surface area contributed by atoms with Crippen LogP contribution in [-0.2, 0) is 6.54 Å². The van der Waals surface area contributed by atoms with Crippen molar-refractivity contribution in [3.05, 3.63) is 29.8 Å². The standard InChI is InChI=1S/C15H21N3O/c19-15-16-14-7-2-1-6-13(14)12-18(15)11-5-10-17-8-3-4-9-17/h1-2,6-7H,3-5,8-12H2,(H,16,19). The Morgan fingerprint density at radius 3 is 2.74 bits per heavy atom. The largest absolute Gasteiger partial charge is 0.322 e. The molecule has 0 saturated carbocycles. The number of benzene rings is 1. The number of urea groups is 1. The highest BCUT2D eigenvalue weighted by molar-refractivity contribution is 5.92. The monoisotopic (exact) mass is 259 g/mol. The molecule has 2 amide bonds. The molecule has 1 aromatic carbocycles. The van der Waals surface area contributed by atoms with Crippen LogP contribution in [0.3, 0.4) is 0 Å². The van der Waals surface area contributed by atoms with Crippen molar-refractivity contribution in [2.45, 2.75) is 25.8 Å². The molecule has 102 valence electrons. The van der Waals surface area contributed by atoms with Gasteiger partial charge in [-0.2, -0.15) is 0 Å². The van der Waals surface area contributed by atoms with Crippen molar-refractivity contribution < 1.29 is 4.79 Å². The number of hydrogen-bond acceptors (Lipinski definition) is 2. The molecule has 4 nitrogen and oxygen atoms in total. The fourth-order valence-corrected chi connectivity index (χ4v) is 2.92.